The second-order valence-electron chi connectivity index (χ2n) is 6.57. The number of carbonyl (C=O) groups excluding carboxylic acids is 1. The fraction of sp³-hybridized carbons (Fsp3) is 0.143. The first kappa shape index (κ1) is 21.0. The Balaban J connectivity index is 1.51. The molecule has 0 bridgehead atoms. The molecule has 1 N–H and O–H groups in total. The summed E-state index contributed by atoms with van der Waals surface area (Å²) in [5.41, 5.74) is 1.00. The van der Waals surface area contributed by atoms with Gasteiger partial charge in [-0.25, -0.2) is 13.4 Å². The Bertz CT molecular complexity index is 1220. The van der Waals surface area contributed by atoms with E-state index in [9.17, 15) is 13.2 Å². The molecular formula is C21H19N3O5S2. The molecule has 0 saturated heterocycles. The van der Waals surface area contributed by atoms with E-state index in [1.807, 2.05) is 6.07 Å². The van der Waals surface area contributed by atoms with Crippen LogP contribution in [0.3, 0.4) is 0 Å². The molecule has 31 heavy (non-hydrogen) atoms. The van der Waals surface area contributed by atoms with Crippen LogP contribution in [0.1, 0.15) is 10.4 Å². The van der Waals surface area contributed by atoms with E-state index in [0.717, 1.165) is 4.70 Å². The van der Waals surface area contributed by atoms with Crippen molar-refractivity contribution in [3.05, 3.63) is 67.3 Å². The van der Waals surface area contributed by atoms with Gasteiger partial charge in [0.1, 0.15) is 0 Å². The summed E-state index contributed by atoms with van der Waals surface area (Å²) in [7, 11) is -3.72. The topological polar surface area (TPSA) is 97.8 Å². The Kier molecular flexibility index (Phi) is 5.77. The predicted molar refractivity (Wildman–Crippen MR) is 119 cm³/mol. The Labute approximate surface area is 183 Å². The maximum atomic E-state index is 12.8. The molecule has 0 atom stereocenters. The number of sulfonamides is 1. The van der Waals surface area contributed by atoms with Gasteiger partial charge in [0.15, 0.2) is 16.6 Å². The number of hydrogen-bond donors (Lipinski definition) is 1. The Morgan fingerprint density at radius 1 is 1.13 bits per heavy atom. The monoisotopic (exact) mass is 457 g/mol. The number of fused-ring (bicyclic) bond motifs is 2. The lowest BCUT2D eigenvalue weighted by molar-refractivity contribution is 0.102. The van der Waals surface area contributed by atoms with E-state index < -0.39 is 15.9 Å². The van der Waals surface area contributed by atoms with Crippen LogP contribution in [0.4, 0.5) is 5.13 Å². The van der Waals surface area contributed by atoms with Gasteiger partial charge in [0, 0.05) is 30.8 Å². The van der Waals surface area contributed by atoms with Gasteiger partial charge in [-0.15, -0.1) is 13.2 Å². The number of benzene rings is 2. The largest absolute Gasteiger partial charge is 0.454 e. The summed E-state index contributed by atoms with van der Waals surface area (Å²) in [6.45, 7) is 7.68. The molecule has 1 aromatic heterocycles. The summed E-state index contributed by atoms with van der Waals surface area (Å²) in [4.78, 5) is 17.1. The number of carbonyl (C=O) groups is 1. The molecule has 2 heterocycles. The van der Waals surface area contributed by atoms with Crippen molar-refractivity contribution in [1.82, 2.24) is 9.29 Å². The quantitative estimate of drug-likeness (QED) is 0.519. The lowest BCUT2D eigenvalue weighted by Gasteiger charge is -2.19. The van der Waals surface area contributed by atoms with Crippen molar-refractivity contribution in [2.75, 3.05) is 25.2 Å². The van der Waals surface area contributed by atoms with E-state index in [4.69, 9.17) is 9.47 Å². The average Bonchev–Trinajstić information content (AvgIpc) is 3.37. The smallest absolute Gasteiger partial charge is 0.257 e. The lowest BCUT2D eigenvalue weighted by Crippen LogP contribution is -2.31. The van der Waals surface area contributed by atoms with Crippen LogP contribution in [0, 0.1) is 0 Å². The SMILES string of the molecule is C=CCN(CC=C)S(=O)(=O)c1ccc(C(=O)Nc2nc3cc4c(cc3s2)OCO4)cc1. The van der Waals surface area contributed by atoms with Crippen molar-refractivity contribution in [1.29, 1.82) is 0 Å². The van der Waals surface area contributed by atoms with Crippen LogP contribution >= 0.6 is 11.3 Å². The maximum Gasteiger partial charge on any atom is 0.257 e. The minimum Gasteiger partial charge on any atom is -0.454 e. The summed E-state index contributed by atoms with van der Waals surface area (Å²) in [6, 6.07) is 9.32. The third-order valence-electron chi connectivity index (χ3n) is 4.52. The van der Waals surface area contributed by atoms with Crippen LogP contribution in [0.2, 0.25) is 0 Å². The van der Waals surface area contributed by atoms with Crippen LogP contribution in [0.25, 0.3) is 10.2 Å². The Hall–Kier alpha value is -3.21. The highest BCUT2D eigenvalue weighted by molar-refractivity contribution is 7.89. The molecule has 0 spiro atoms. The molecule has 4 rings (SSSR count). The van der Waals surface area contributed by atoms with E-state index in [0.29, 0.717) is 27.7 Å². The summed E-state index contributed by atoms with van der Waals surface area (Å²) >= 11 is 1.31. The molecule has 3 aromatic rings. The Morgan fingerprint density at radius 3 is 2.42 bits per heavy atom. The van der Waals surface area contributed by atoms with Crippen LogP contribution in [-0.2, 0) is 10.0 Å². The van der Waals surface area contributed by atoms with Crippen molar-refractivity contribution < 1.29 is 22.7 Å². The number of nitrogens with one attached hydrogen (secondary N) is 1. The van der Waals surface area contributed by atoms with Gasteiger partial charge < -0.3 is 9.47 Å². The van der Waals surface area contributed by atoms with E-state index in [1.165, 1.54) is 52.1 Å². The highest BCUT2D eigenvalue weighted by atomic mass is 32.2. The summed E-state index contributed by atoms with van der Waals surface area (Å²) in [6.07, 6.45) is 3.02. The first-order valence-corrected chi connectivity index (χ1v) is 11.5. The first-order valence-electron chi connectivity index (χ1n) is 9.26. The standard InChI is InChI=1S/C21H19N3O5S2/c1-3-9-24(10-4-2)31(26,27)15-7-5-14(6-8-15)20(25)23-21-22-16-11-17-18(29-13-28-17)12-19(16)30-21/h3-8,11-12H,1-2,9-10,13H2,(H,22,23,25). The lowest BCUT2D eigenvalue weighted by atomic mass is 10.2. The molecule has 10 heteroatoms. The van der Waals surface area contributed by atoms with Gasteiger partial charge in [-0.2, -0.15) is 4.31 Å². The zero-order valence-corrected chi connectivity index (χ0v) is 18.0. The minimum absolute atomic E-state index is 0.0854. The van der Waals surface area contributed by atoms with Gasteiger partial charge in [0.2, 0.25) is 16.8 Å². The number of thiazole rings is 1. The van der Waals surface area contributed by atoms with E-state index in [2.05, 4.69) is 23.5 Å². The van der Waals surface area contributed by atoms with Crippen LogP contribution in [0.5, 0.6) is 11.5 Å². The number of rotatable bonds is 8. The molecule has 0 radical (unpaired) electrons. The van der Waals surface area contributed by atoms with Crippen molar-refractivity contribution in [3.8, 4) is 11.5 Å². The normalized spacial score (nSPS) is 12.8. The number of ether oxygens (including phenoxy) is 2. The molecule has 1 amide bonds. The Morgan fingerprint density at radius 2 is 1.77 bits per heavy atom. The number of hydrogen-bond acceptors (Lipinski definition) is 7. The molecular weight excluding hydrogens is 438 g/mol. The third kappa shape index (κ3) is 4.18. The van der Waals surface area contributed by atoms with Crippen molar-refractivity contribution in [2.24, 2.45) is 0 Å². The molecule has 160 valence electrons. The fourth-order valence-corrected chi connectivity index (χ4v) is 5.28. The van der Waals surface area contributed by atoms with Crippen molar-refractivity contribution in [2.45, 2.75) is 4.90 Å². The number of nitrogens with zero attached hydrogens (tertiary/aromatic N) is 2. The second kappa shape index (κ2) is 8.50. The van der Waals surface area contributed by atoms with Crippen molar-refractivity contribution in [3.63, 3.8) is 0 Å². The second-order valence-corrected chi connectivity index (χ2v) is 9.54. The average molecular weight is 458 g/mol. The van der Waals surface area contributed by atoms with Gasteiger partial charge in [-0.1, -0.05) is 23.5 Å². The van der Waals surface area contributed by atoms with Gasteiger partial charge in [0.05, 0.1) is 15.1 Å². The molecule has 0 aliphatic carbocycles. The molecule has 8 nitrogen and oxygen atoms in total. The first-order chi connectivity index (χ1) is 14.9. The fourth-order valence-electron chi connectivity index (χ4n) is 3.03. The van der Waals surface area contributed by atoms with Gasteiger partial charge >= 0.3 is 0 Å². The summed E-state index contributed by atoms with van der Waals surface area (Å²) in [5, 5.41) is 3.16. The van der Waals surface area contributed by atoms with Gasteiger partial charge in [-0.3, -0.25) is 10.1 Å². The van der Waals surface area contributed by atoms with Gasteiger partial charge in [-0.05, 0) is 24.3 Å². The molecule has 0 fully saturated rings. The van der Waals surface area contributed by atoms with E-state index in [-0.39, 0.29) is 24.8 Å². The summed E-state index contributed by atoms with van der Waals surface area (Å²) in [5.74, 6) is 0.874. The number of amides is 1. The molecule has 1 aliphatic rings. The minimum atomic E-state index is -3.72. The molecule has 0 unspecified atom stereocenters. The zero-order chi connectivity index (χ0) is 22.0. The molecule has 2 aromatic carbocycles. The predicted octanol–water partition coefficient (Wildman–Crippen LogP) is 3.64. The zero-order valence-electron chi connectivity index (χ0n) is 16.4. The third-order valence-corrected chi connectivity index (χ3v) is 7.30. The highest BCUT2D eigenvalue weighted by Gasteiger charge is 2.23. The van der Waals surface area contributed by atoms with E-state index in [1.54, 1.807) is 6.07 Å². The van der Waals surface area contributed by atoms with Crippen LogP contribution < -0.4 is 14.8 Å². The molecule has 0 saturated carbocycles. The van der Waals surface area contributed by atoms with Gasteiger partial charge in [0.25, 0.3) is 5.91 Å². The summed E-state index contributed by atoms with van der Waals surface area (Å²) < 4.78 is 38.3. The van der Waals surface area contributed by atoms with Crippen molar-refractivity contribution >= 4 is 42.6 Å². The number of aromatic nitrogens is 1. The van der Waals surface area contributed by atoms with E-state index >= 15 is 0 Å². The number of anilines is 1. The van der Waals surface area contributed by atoms with Crippen LogP contribution in [-0.4, -0.2) is 43.5 Å². The molecule has 1 aliphatic heterocycles. The maximum absolute atomic E-state index is 12.8. The highest BCUT2D eigenvalue weighted by Crippen LogP contribution is 2.39. The van der Waals surface area contributed by atoms with Crippen LogP contribution in [0.15, 0.2) is 66.6 Å².